The van der Waals surface area contributed by atoms with Crippen molar-refractivity contribution in [2.75, 3.05) is 13.1 Å². The number of hydrogen-bond donors (Lipinski definition) is 0. The molecule has 3 aliphatic rings. The van der Waals surface area contributed by atoms with Gasteiger partial charge >= 0.3 is 0 Å². The van der Waals surface area contributed by atoms with Crippen molar-refractivity contribution in [3.8, 4) is 17.2 Å². The average molecular weight is 522 g/mol. The molecule has 6 rings (SSSR count). The number of halogens is 2. The number of nitrogens with zero attached hydrogens (tertiary/aromatic N) is 3. The molecule has 1 saturated heterocycles. The van der Waals surface area contributed by atoms with Gasteiger partial charge in [0.1, 0.15) is 17.2 Å². The first-order chi connectivity index (χ1) is 17.4. The van der Waals surface area contributed by atoms with Gasteiger partial charge in [-0.1, -0.05) is 41.4 Å². The molecule has 7 heteroatoms. The first kappa shape index (κ1) is 23.7. The van der Waals surface area contributed by atoms with Crippen LogP contribution in [0.3, 0.4) is 0 Å². The minimum absolute atomic E-state index is 0.0331. The molecule has 0 aromatic heterocycles. The van der Waals surface area contributed by atoms with Crippen molar-refractivity contribution in [3.05, 3.63) is 87.9 Å². The van der Waals surface area contributed by atoms with Gasteiger partial charge in [0.15, 0.2) is 0 Å². The Morgan fingerprint density at radius 2 is 1.67 bits per heavy atom. The Morgan fingerprint density at radius 3 is 2.36 bits per heavy atom. The molecule has 0 bridgehead atoms. The highest BCUT2D eigenvalue weighted by molar-refractivity contribution is 6.35. The van der Waals surface area contributed by atoms with E-state index in [2.05, 4.69) is 35.9 Å². The van der Waals surface area contributed by atoms with Crippen LogP contribution in [0.2, 0.25) is 10.0 Å². The second kappa shape index (κ2) is 9.29. The summed E-state index contributed by atoms with van der Waals surface area (Å²) in [7, 11) is 0. The van der Waals surface area contributed by atoms with Crippen LogP contribution in [-0.2, 0) is 0 Å². The molecule has 0 amide bonds. The Bertz CT molecular complexity index is 1290. The summed E-state index contributed by atoms with van der Waals surface area (Å²) < 4.78 is 12.7. The molecule has 0 saturated carbocycles. The zero-order valence-electron chi connectivity index (χ0n) is 20.5. The summed E-state index contributed by atoms with van der Waals surface area (Å²) >= 11 is 13.1. The molecular weight excluding hydrogens is 493 g/mol. The first-order valence-corrected chi connectivity index (χ1v) is 13.3. The SMILES string of the molecule is CC(C)N1CCC2(CC1)Oc1c(Cl)cc(Cl)cc1[C@@H]1CC(c3ccc(Oc4ccccc4)cc3)=NN12. The lowest BCUT2D eigenvalue weighted by atomic mass is 9.90. The van der Waals surface area contributed by atoms with Gasteiger partial charge in [0, 0.05) is 49.0 Å². The Kier molecular flexibility index (Phi) is 6.11. The van der Waals surface area contributed by atoms with Gasteiger partial charge in [-0.3, -0.25) is 0 Å². The monoisotopic (exact) mass is 521 g/mol. The van der Waals surface area contributed by atoms with Gasteiger partial charge in [0.2, 0.25) is 5.72 Å². The fourth-order valence-corrected chi connectivity index (χ4v) is 6.08. The van der Waals surface area contributed by atoms with E-state index in [1.165, 1.54) is 0 Å². The van der Waals surface area contributed by atoms with Gasteiger partial charge in [0.05, 0.1) is 16.8 Å². The van der Waals surface area contributed by atoms with Crippen molar-refractivity contribution in [3.63, 3.8) is 0 Å². The number of rotatable bonds is 4. The van der Waals surface area contributed by atoms with E-state index in [9.17, 15) is 0 Å². The fourth-order valence-electron chi connectivity index (χ4n) is 5.54. The van der Waals surface area contributed by atoms with E-state index in [4.69, 9.17) is 37.8 Å². The highest BCUT2D eigenvalue weighted by Gasteiger charge is 2.52. The lowest BCUT2D eigenvalue weighted by Gasteiger charge is -2.51. The average Bonchev–Trinajstić information content (AvgIpc) is 3.34. The van der Waals surface area contributed by atoms with Crippen molar-refractivity contribution in [2.24, 2.45) is 5.10 Å². The zero-order chi connectivity index (χ0) is 24.9. The largest absolute Gasteiger partial charge is 0.464 e. The number of para-hydroxylation sites is 1. The van der Waals surface area contributed by atoms with Crippen molar-refractivity contribution < 1.29 is 9.47 Å². The van der Waals surface area contributed by atoms with E-state index in [1.54, 1.807) is 6.07 Å². The Hall–Kier alpha value is -2.73. The van der Waals surface area contributed by atoms with Crippen molar-refractivity contribution >= 4 is 28.9 Å². The Morgan fingerprint density at radius 1 is 0.972 bits per heavy atom. The molecule has 3 aromatic carbocycles. The third-order valence-corrected chi connectivity index (χ3v) is 7.99. The van der Waals surface area contributed by atoms with Crippen LogP contribution in [0.1, 0.15) is 50.3 Å². The molecule has 1 atom stereocenters. The van der Waals surface area contributed by atoms with Gasteiger partial charge in [-0.05, 0) is 67.9 Å². The molecule has 186 valence electrons. The maximum atomic E-state index is 6.74. The number of benzene rings is 3. The summed E-state index contributed by atoms with van der Waals surface area (Å²) in [4.78, 5) is 2.49. The quantitative estimate of drug-likeness (QED) is 0.355. The molecule has 3 aromatic rings. The smallest absolute Gasteiger partial charge is 0.200 e. The normalized spacial score (nSPS) is 20.6. The Labute approximate surface area is 222 Å². The minimum atomic E-state index is -0.515. The number of fused-ring (bicyclic) bond motifs is 4. The number of hydrogen-bond acceptors (Lipinski definition) is 5. The molecule has 0 unspecified atom stereocenters. The second-order valence-electron chi connectivity index (χ2n) is 10.0. The van der Waals surface area contributed by atoms with E-state index >= 15 is 0 Å². The minimum Gasteiger partial charge on any atom is -0.464 e. The molecule has 1 fully saturated rings. The molecular formula is C29H29Cl2N3O2. The zero-order valence-corrected chi connectivity index (χ0v) is 22.0. The molecule has 0 radical (unpaired) electrons. The second-order valence-corrected chi connectivity index (χ2v) is 10.9. The standard InChI is InChI=1S/C29H29Cl2N3O2/c1-19(2)33-14-12-29(13-15-33)34-27(24-16-21(30)17-25(31)28(24)36-29)18-26(32-34)20-8-10-23(11-9-20)35-22-6-4-3-5-7-22/h3-11,16-17,19,27H,12-15,18H2,1-2H3/t27-/m0/s1. The van der Waals surface area contributed by atoms with E-state index < -0.39 is 5.72 Å². The lowest BCUT2D eigenvalue weighted by Crippen LogP contribution is -2.59. The van der Waals surface area contributed by atoms with Gasteiger partial charge in [-0.25, -0.2) is 5.01 Å². The highest BCUT2D eigenvalue weighted by Crippen LogP contribution is 2.52. The molecule has 0 aliphatic carbocycles. The first-order valence-electron chi connectivity index (χ1n) is 12.5. The predicted molar refractivity (Wildman–Crippen MR) is 144 cm³/mol. The number of likely N-dealkylation sites (tertiary alicyclic amines) is 1. The van der Waals surface area contributed by atoms with E-state index in [0.29, 0.717) is 16.1 Å². The summed E-state index contributed by atoms with van der Waals surface area (Å²) in [5.74, 6) is 2.37. The van der Waals surface area contributed by atoms with Crippen LogP contribution >= 0.6 is 23.2 Å². The van der Waals surface area contributed by atoms with Crippen LogP contribution in [0, 0.1) is 0 Å². The topological polar surface area (TPSA) is 37.3 Å². The van der Waals surface area contributed by atoms with Crippen LogP contribution in [0.25, 0.3) is 0 Å². The summed E-state index contributed by atoms with van der Waals surface area (Å²) in [6.07, 6.45) is 2.49. The molecule has 3 heterocycles. The number of hydrazone groups is 1. The summed E-state index contributed by atoms with van der Waals surface area (Å²) in [6, 6.07) is 22.3. The highest BCUT2D eigenvalue weighted by atomic mass is 35.5. The fraction of sp³-hybridized carbons (Fsp3) is 0.345. The summed E-state index contributed by atoms with van der Waals surface area (Å²) in [6.45, 7) is 6.40. The van der Waals surface area contributed by atoms with Gasteiger partial charge in [-0.15, -0.1) is 0 Å². The molecule has 36 heavy (non-hydrogen) atoms. The van der Waals surface area contributed by atoms with E-state index in [-0.39, 0.29) is 6.04 Å². The Balaban J connectivity index is 1.32. The molecule has 3 aliphatic heterocycles. The third kappa shape index (κ3) is 4.23. The maximum absolute atomic E-state index is 6.74. The van der Waals surface area contributed by atoms with Crippen molar-refractivity contribution in [2.45, 2.75) is 50.9 Å². The van der Waals surface area contributed by atoms with E-state index in [0.717, 1.165) is 66.4 Å². The summed E-state index contributed by atoms with van der Waals surface area (Å²) in [5.41, 5.74) is 2.60. The van der Waals surface area contributed by atoms with Crippen LogP contribution in [0.5, 0.6) is 17.2 Å². The molecule has 0 N–H and O–H groups in total. The molecule has 1 spiro atoms. The van der Waals surface area contributed by atoms with Crippen molar-refractivity contribution in [1.82, 2.24) is 9.91 Å². The third-order valence-electron chi connectivity index (χ3n) is 7.49. The van der Waals surface area contributed by atoms with Crippen LogP contribution in [-0.4, -0.2) is 40.5 Å². The van der Waals surface area contributed by atoms with Gasteiger partial charge < -0.3 is 14.4 Å². The van der Waals surface area contributed by atoms with Gasteiger partial charge in [0.25, 0.3) is 0 Å². The predicted octanol–water partition coefficient (Wildman–Crippen LogP) is 7.53. The number of piperidine rings is 1. The lowest BCUT2D eigenvalue weighted by molar-refractivity contribution is -0.152. The molecule has 5 nitrogen and oxygen atoms in total. The van der Waals surface area contributed by atoms with Crippen LogP contribution in [0.4, 0.5) is 0 Å². The number of ether oxygens (including phenoxy) is 2. The van der Waals surface area contributed by atoms with E-state index in [1.807, 2.05) is 48.5 Å². The van der Waals surface area contributed by atoms with Crippen LogP contribution in [0.15, 0.2) is 71.8 Å². The van der Waals surface area contributed by atoms with Crippen LogP contribution < -0.4 is 9.47 Å². The maximum Gasteiger partial charge on any atom is 0.200 e. The van der Waals surface area contributed by atoms with Gasteiger partial charge in [-0.2, -0.15) is 5.10 Å². The summed E-state index contributed by atoms with van der Waals surface area (Å²) in [5, 5.41) is 8.56. The van der Waals surface area contributed by atoms with Crippen molar-refractivity contribution in [1.29, 1.82) is 0 Å².